The van der Waals surface area contributed by atoms with Gasteiger partial charge in [-0.2, -0.15) is 4.98 Å². The Morgan fingerprint density at radius 1 is 1.21 bits per heavy atom. The zero-order valence-electron chi connectivity index (χ0n) is 15.9. The number of hydrazine groups is 2. The van der Waals surface area contributed by atoms with Crippen LogP contribution in [-0.4, -0.2) is 28.0 Å². The summed E-state index contributed by atoms with van der Waals surface area (Å²) < 4.78 is 0. The third-order valence-electron chi connectivity index (χ3n) is 5.09. The van der Waals surface area contributed by atoms with Gasteiger partial charge in [0.2, 0.25) is 5.95 Å². The molecule has 2 aromatic rings. The van der Waals surface area contributed by atoms with Gasteiger partial charge in [-0.25, -0.2) is 4.98 Å². The molecule has 1 aromatic heterocycles. The molecule has 152 valence electrons. The van der Waals surface area contributed by atoms with E-state index in [1.54, 1.807) is 6.20 Å². The molecule has 0 unspecified atom stereocenters. The third kappa shape index (κ3) is 4.39. The van der Waals surface area contributed by atoms with E-state index in [1.165, 1.54) is 6.20 Å². The number of nitrogens with one attached hydrogen (secondary N) is 4. The van der Waals surface area contributed by atoms with E-state index < -0.39 is 5.91 Å². The molecule has 1 aliphatic heterocycles. The summed E-state index contributed by atoms with van der Waals surface area (Å²) in [5.74, 6) is 0.185. The number of amides is 1. The van der Waals surface area contributed by atoms with E-state index in [9.17, 15) is 4.79 Å². The Morgan fingerprint density at radius 2 is 2.00 bits per heavy atom. The lowest BCUT2D eigenvalue weighted by Gasteiger charge is -2.29. The largest absolute Gasteiger partial charge is 0.365 e. The van der Waals surface area contributed by atoms with Crippen LogP contribution in [0, 0.1) is 0 Å². The lowest BCUT2D eigenvalue weighted by atomic mass is 9.91. The first-order valence-corrected chi connectivity index (χ1v) is 9.63. The van der Waals surface area contributed by atoms with Crippen LogP contribution in [0.3, 0.4) is 0 Å². The number of nitrogens with two attached hydrogens (primary N) is 2. The van der Waals surface area contributed by atoms with Gasteiger partial charge in [-0.1, -0.05) is 12.8 Å². The van der Waals surface area contributed by atoms with Crippen LogP contribution in [0.15, 0.2) is 42.9 Å². The summed E-state index contributed by atoms with van der Waals surface area (Å²) in [4.78, 5) is 20.6. The number of anilines is 4. The molecule has 4 rings (SSSR count). The highest BCUT2D eigenvalue weighted by Gasteiger charge is 2.23. The topological polar surface area (TPSA) is 146 Å². The van der Waals surface area contributed by atoms with Crippen LogP contribution >= 0.6 is 0 Å². The van der Waals surface area contributed by atoms with Gasteiger partial charge in [0, 0.05) is 36.4 Å². The standard InChI is InChI=1S/C19H25N9O/c20-15-3-1-2-4-16(15)25-19-22-11-14(17(21)29)18(26-19)24-12-5-7-13(8-6-12)28-10-9-23-27-28/h5-11,15-16,23,27H,1-4,20H2,(H2,21,29)(H2,22,24,25,26)/t15-,16+/m0/s1. The highest BCUT2D eigenvalue weighted by Crippen LogP contribution is 2.24. The molecule has 1 aromatic carbocycles. The Labute approximate surface area is 168 Å². The van der Waals surface area contributed by atoms with E-state index in [-0.39, 0.29) is 17.6 Å². The summed E-state index contributed by atoms with van der Waals surface area (Å²) in [6.45, 7) is 0. The van der Waals surface area contributed by atoms with E-state index in [2.05, 4.69) is 31.6 Å². The molecule has 1 fully saturated rings. The number of carbonyl (C=O) groups excluding carboxylic acids is 1. The molecule has 0 radical (unpaired) electrons. The zero-order valence-corrected chi connectivity index (χ0v) is 15.9. The Kier molecular flexibility index (Phi) is 5.45. The molecule has 8 N–H and O–H groups in total. The van der Waals surface area contributed by atoms with Crippen molar-refractivity contribution in [3.63, 3.8) is 0 Å². The summed E-state index contributed by atoms with van der Waals surface area (Å²) in [6.07, 6.45) is 9.31. The average molecular weight is 395 g/mol. The van der Waals surface area contributed by atoms with Crippen molar-refractivity contribution < 1.29 is 4.79 Å². The fraction of sp³-hybridized carbons (Fsp3) is 0.316. The lowest BCUT2D eigenvalue weighted by Crippen LogP contribution is -2.43. The first-order chi connectivity index (χ1) is 14.1. The predicted molar refractivity (Wildman–Crippen MR) is 112 cm³/mol. The van der Waals surface area contributed by atoms with Crippen LogP contribution in [0.5, 0.6) is 0 Å². The van der Waals surface area contributed by atoms with Gasteiger partial charge in [0.15, 0.2) is 0 Å². The predicted octanol–water partition coefficient (Wildman–Crippen LogP) is 1.30. The van der Waals surface area contributed by atoms with Gasteiger partial charge in [-0.05, 0) is 37.1 Å². The molecular weight excluding hydrogens is 370 g/mol. The molecule has 0 spiro atoms. The first kappa shape index (κ1) is 19.0. The molecular formula is C19H25N9O. The van der Waals surface area contributed by atoms with Crippen molar-refractivity contribution in [3.05, 3.63) is 48.4 Å². The number of hydrogen-bond donors (Lipinski definition) is 6. The van der Waals surface area contributed by atoms with Gasteiger partial charge in [-0.3, -0.25) is 9.80 Å². The molecule has 2 atom stereocenters. The van der Waals surface area contributed by atoms with Crippen LogP contribution < -0.4 is 38.1 Å². The second kappa shape index (κ2) is 8.33. The fourth-order valence-electron chi connectivity index (χ4n) is 3.48. The van der Waals surface area contributed by atoms with E-state index in [4.69, 9.17) is 11.5 Å². The summed E-state index contributed by atoms with van der Waals surface area (Å²) >= 11 is 0. The molecule has 2 aliphatic rings. The molecule has 0 bridgehead atoms. The van der Waals surface area contributed by atoms with E-state index in [0.717, 1.165) is 37.1 Å². The Morgan fingerprint density at radius 3 is 2.69 bits per heavy atom. The van der Waals surface area contributed by atoms with Crippen molar-refractivity contribution in [2.75, 3.05) is 15.6 Å². The van der Waals surface area contributed by atoms with E-state index >= 15 is 0 Å². The maximum Gasteiger partial charge on any atom is 0.254 e. The Bertz CT molecular complexity index is 899. The third-order valence-corrected chi connectivity index (χ3v) is 5.09. The second-order valence-corrected chi connectivity index (χ2v) is 7.13. The Hall–Kier alpha value is -3.37. The number of rotatable bonds is 6. The minimum Gasteiger partial charge on any atom is -0.365 e. The SMILES string of the molecule is NC(=O)c1cnc(N[C@@H]2CCCC[C@@H]2N)nc1Nc1ccc(N2C=CNN2)cc1. The summed E-state index contributed by atoms with van der Waals surface area (Å²) in [5.41, 5.74) is 19.5. The van der Waals surface area contributed by atoms with E-state index in [1.807, 2.05) is 35.5 Å². The van der Waals surface area contributed by atoms with Crippen LogP contribution in [0.1, 0.15) is 36.0 Å². The first-order valence-electron chi connectivity index (χ1n) is 9.63. The number of primary amides is 1. The van der Waals surface area contributed by atoms with Crippen molar-refractivity contribution in [3.8, 4) is 0 Å². The number of aromatic nitrogens is 2. The van der Waals surface area contributed by atoms with Crippen LogP contribution in [0.25, 0.3) is 0 Å². The maximum absolute atomic E-state index is 11.8. The normalized spacial score (nSPS) is 20.9. The summed E-state index contributed by atoms with van der Waals surface area (Å²) in [5, 5.41) is 8.30. The maximum atomic E-state index is 11.8. The second-order valence-electron chi connectivity index (χ2n) is 7.13. The van der Waals surface area contributed by atoms with Gasteiger partial charge in [-0.15, -0.1) is 5.53 Å². The number of hydrogen-bond acceptors (Lipinski definition) is 9. The molecule has 10 heteroatoms. The zero-order chi connectivity index (χ0) is 20.2. The van der Waals surface area contributed by atoms with Gasteiger partial charge in [0.05, 0.1) is 5.69 Å². The number of benzene rings is 1. The van der Waals surface area contributed by atoms with Crippen molar-refractivity contribution >= 4 is 29.0 Å². The minimum atomic E-state index is -0.595. The van der Waals surface area contributed by atoms with Gasteiger partial charge in [0.1, 0.15) is 11.4 Å². The van der Waals surface area contributed by atoms with Crippen LogP contribution in [0.2, 0.25) is 0 Å². The molecule has 1 aliphatic carbocycles. The minimum absolute atomic E-state index is 0.0647. The Balaban J connectivity index is 1.53. The van der Waals surface area contributed by atoms with Crippen LogP contribution in [-0.2, 0) is 0 Å². The lowest BCUT2D eigenvalue weighted by molar-refractivity contribution is 0.100. The monoisotopic (exact) mass is 395 g/mol. The molecule has 2 heterocycles. The molecule has 0 saturated heterocycles. The van der Waals surface area contributed by atoms with Crippen LogP contribution in [0.4, 0.5) is 23.1 Å². The fourth-order valence-corrected chi connectivity index (χ4v) is 3.48. The molecule has 1 amide bonds. The number of carbonyl (C=O) groups is 1. The highest BCUT2D eigenvalue weighted by molar-refractivity contribution is 5.98. The number of nitrogens with zero attached hydrogens (tertiary/aromatic N) is 3. The highest BCUT2D eigenvalue weighted by atomic mass is 16.1. The van der Waals surface area contributed by atoms with Crippen molar-refractivity contribution in [2.24, 2.45) is 11.5 Å². The molecule has 10 nitrogen and oxygen atoms in total. The van der Waals surface area contributed by atoms with Gasteiger partial charge in [0.25, 0.3) is 5.91 Å². The van der Waals surface area contributed by atoms with Crippen molar-refractivity contribution in [2.45, 2.75) is 37.8 Å². The van der Waals surface area contributed by atoms with Crippen molar-refractivity contribution in [1.29, 1.82) is 0 Å². The average Bonchev–Trinajstić information content (AvgIpc) is 3.25. The van der Waals surface area contributed by atoms with Gasteiger partial charge < -0.3 is 27.5 Å². The smallest absolute Gasteiger partial charge is 0.254 e. The van der Waals surface area contributed by atoms with Gasteiger partial charge >= 0.3 is 0 Å². The van der Waals surface area contributed by atoms with Crippen molar-refractivity contribution in [1.82, 2.24) is 20.9 Å². The summed E-state index contributed by atoms with van der Waals surface area (Å²) in [7, 11) is 0. The molecule has 1 saturated carbocycles. The molecule has 29 heavy (non-hydrogen) atoms. The summed E-state index contributed by atoms with van der Waals surface area (Å²) in [6, 6.07) is 7.82. The van der Waals surface area contributed by atoms with E-state index in [0.29, 0.717) is 11.8 Å². The quantitative estimate of drug-likeness (QED) is 0.426.